The van der Waals surface area contributed by atoms with Gasteiger partial charge in [-0.05, 0) is 30.3 Å². The summed E-state index contributed by atoms with van der Waals surface area (Å²) in [4.78, 5) is 22.5. The van der Waals surface area contributed by atoms with E-state index < -0.39 is 5.91 Å². The highest BCUT2D eigenvalue weighted by Crippen LogP contribution is 2.13. The number of hydrogen-bond acceptors (Lipinski definition) is 5. The van der Waals surface area contributed by atoms with Crippen LogP contribution in [0.15, 0.2) is 63.3 Å². The fraction of sp³-hybridized carbons (Fsp3) is 0.0667. The summed E-state index contributed by atoms with van der Waals surface area (Å²) >= 11 is 3.28. The van der Waals surface area contributed by atoms with Gasteiger partial charge < -0.3 is 5.11 Å². The Bertz CT molecular complexity index is 731. The van der Waals surface area contributed by atoms with E-state index in [1.54, 1.807) is 36.4 Å². The Morgan fingerprint density at radius 3 is 2.55 bits per heavy atom. The number of phenolic OH excluding ortho intramolecular Hbond substituents is 1. The van der Waals surface area contributed by atoms with E-state index in [-0.39, 0.29) is 18.0 Å². The number of halogens is 1. The zero-order valence-electron chi connectivity index (χ0n) is 11.4. The van der Waals surface area contributed by atoms with Crippen molar-refractivity contribution in [3.05, 3.63) is 69.0 Å². The molecule has 0 saturated heterocycles. The van der Waals surface area contributed by atoms with E-state index in [1.165, 1.54) is 12.1 Å². The van der Waals surface area contributed by atoms with E-state index >= 15 is 0 Å². The lowest BCUT2D eigenvalue weighted by atomic mass is 10.1. The van der Waals surface area contributed by atoms with Gasteiger partial charge in [0.05, 0.1) is 5.71 Å². The van der Waals surface area contributed by atoms with Crippen molar-refractivity contribution in [2.45, 2.75) is 0 Å². The maximum Gasteiger partial charge on any atom is 0.271 e. The Hall–Kier alpha value is -2.54. The minimum Gasteiger partial charge on any atom is -0.508 e. The Labute approximate surface area is 135 Å². The van der Waals surface area contributed by atoms with Gasteiger partial charge in [0.2, 0.25) is 0 Å². The van der Waals surface area contributed by atoms with Crippen molar-refractivity contribution in [2.75, 3.05) is 6.54 Å². The largest absolute Gasteiger partial charge is 0.508 e. The maximum atomic E-state index is 12.0. The van der Waals surface area contributed by atoms with Gasteiger partial charge in [0.1, 0.15) is 12.3 Å². The van der Waals surface area contributed by atoms with Gasteiger partial charge in [-0.25, -0.2) is 5.43 Å². The third-order valence-electron chi connectivity index (χ3n) is 2.77. The number of rotatable bonds is 5. The summed E-state index contributed by atoms with van der Waals surface area (Å²) in [6.45, 7) is -0.220. The number of hydrazone groups is 1. The Balaban J connectivity index is 2.20. The zero-order chi connectivity index (χ0) is 15.9. The molecule has 0 spiro atoms. The van der Waals surface area contributed by atoms with Crippen LogP contribution in [0.1, 0.15) is 15.9 Å². The topological polar surface area (TPSA) is 91.1 Å². The molecular formula is C15H12BrN3O3. The molecule has 7 heteroatoms. The SMILES string of the molecule is O=NCC(=NNC(=O)c1cccc(Br)c1)c1cccc(O)c1. The molecule has 6 nitrogen and oxygen atoms in total. The van der Waals surface area contributed by atoms with Crippen LogP contribution in [0.5, 0.6) is 5.75 Å². The number of aromatic hydroxyl groups is 1. The summed E-state index contributed by atoms with van der Waals surface area (Å²) in [7, 11) is 0. The molecule has 0 atom stereocenters. The van der Waals surface area contributed by atoms with Crippen molar-refractivity contribution in [2.24, 2.45) is 10.3 Å². The average Bonchev–Trinajstić information content (AvgIpc) is 2.51. The average molecular weight is 362 g/mol. The first-order valence-corrected chi connectivity index (χ1v) is 7.10. The van der Waals surface area contributed by atoms with Gasteiger partial charge in [0, 0.05) is 15.6 Å². The fourth-order valence-corrected chi connectivity index (χ4v) is 2.15. The highest BCUT2D eigenvalue weighted by atomic mass is 79.9. The molecule has 0 unspecified atom stereocenters. The molecule has 0 saturated carbocycles. The smallest absolute Gasteiger partial charge is 0.271 e. The molecule has 0 aliphatic heterocycles. The monoisotopic (exact) mass is 361 g/mol. The van der Waals surface area contributed by atoms with Crippen LogP contribution in [0.2, 0.25) is 0 Å². The van der Waals surface area contributed by atoms with Crippen LogP contribution < -0.4 is 5.43 Å². The second kappa shape index (κ2) is 7.46. The van der Waals surface area contributed by atoms with Gasteiger partial charge >= 0.3 is 0 Å². The maximum absolute atomic E-state index is 12.0. The van der Waals surface area contributed by atoms with E-state index in [9.17, 15) is 14.8 Å². The molecule has 22 heavy (non-hydrogen) atoms. The summed E-state index contributed by atoms with van der Waals surface area (Å²) in [6.07, 6.45) is 0. The molecule has 0 radical (unpaired) electrons. The van der Waals surface area contributed by atoms with Gasteiger partial charge in [-0.1, -0.05) is 39.3 Å². The number of phenols is 1. The number of nitroso groups, excluding NO2 is 1. The second-order valence-electron chi connectivity index (χ2n) is 4.35. The van der Waals surface area contributed by atoms with Crippen LogP contribution in [-0.2, 0) is 0 Å². The summed E-state index contributed by atoms with van der Waals surface area (Å²) < 4.78 is 0.770. The van der Waals surface area contributed by atoms with Crippen LogP contribution in [0, 0.1) is 4.91 Å². The molecule has 0 aliphatic rings. The lowest BCUT2D eigenvalue weighted by Crippen LogP contribution is -2.21. The van der Waals surface area contributed by atoms with E-state index in [2.05, 4.69) is 31.6 Å². The fourth-order valence-electron chi connectivity index (χ4n) is 1.75. The summed E-state index contributed by atoms with van der Waals surface area (Å²) in [5.41, 5.74) is 3.57. The Morgan fingerprint density at radius 1 is 1.14 bits per heavy atom. The summed E-state index contributed by atoms with van der Waals surface area (Å²) in [5.74, 6) is -0.376. The van der Waals surface area contributed by atoms with Crippen molar-refractivity contribution >= 4 is 27.5 Å². The predicted molar refractivity (Wildman–Crippen MR) is 86.9 cm³/mol. The van der Waals surface area contributed by atoms with Crippen molar-refractivity contribution in [3.63, 3.8) is 0 Å². The van der Waals surface area contributed by atoms with E-state index in [4.69, 9.17) is 0 Å². The van der Waals surface area contributed by atoms with Crippen molar-refractivity contribution < 1.29 is 9.90 Å². The molecule has 1 amide bonds. The molecule has 0 bridgehead atoms. The molecular weight excluding hydrogens is 350 g/mol. The van der Waals surface area contributed by atoms with Crippen LogP contribution in [0.3, 0.4) is 0 Å². The lowest BCUT2D eigenvalue weighted by molar-refractivity contribution is 0.0955. The molecule has 2 aromatic rings. The van der Waals surface area contributed by atoms with Crippen molar-refractivity contribution in [1.29, 1.82) is 0 Å². The second-order valence-corrected chi connectivity index (χ2v) is 5.26. The van der Waals surface area contributed by atoms with Crippen LogP contribution in [-0.4, -0.2) is 23.3 Å². The molecule has 0 fully saturated rings. The van der Waals surface area contributed by atoms with Gasteiger partial charge in [-0.2, -0.15) is 10.0 Å². The van der Waals surface area contributed by atoms with E-state index in [0.29, 0.717) is 11.1 Å². The quantitative estimate of drug-likeness (QED) is 0.487. The first kappa shape index (κ1) is 15.8. The Kier molecular flexibility index (Phi) is 5.37. The van der Waals surface area contributed by atoms with E-state index in [0.717, 1.165) is 4.47 Å². The van der Waals surface area contributed by atoms with Crippen molar-refractivity contribution in [1.82, 2.24) is 5.43 Å². The number of carbonyl (C=O) groups excluding carboxylic acids is 1. The zero-order valence-corrected chi connectivity index (χ0v) is 12.9. The number of nitrogens with zero attached hydrogens (tertiary/aromatic N) is 2. The third kappa shape index (κ3) is 4.23. The van der Waals surface area contributed by atoms with Crippen LogP contribution in [0.4, 0.5) is 0 Å². The van der Waals surface area contributed by atoms with Gasteiger partial charge in [0.15, 0.2) is 0 Å². The summed E-state index contributed by atoms with van der Waals surface area (Å²) in [6, 6.07) is 13.0. The van der Waals surface area contributed by atoms with Crippen molar-refractivity contribution in [3.8, 4) is 5.75 Å². The number of hydrogen-bond donors (Lipinski definition) is 2. The van der Waals surface area contributed by atoms with E-state index in [1.807, 2.05) is 0 Å². The molecule has 112 valence electrons. The summed E-state index contributed by atoms with van der Waals surface area (Å²) in [5, 5.41) is 16.2. The first-order valence-electron chi connectivity index (χ1n) is 6.31. The van der Waals surface area contributed by atoms with Gasteiger partial charge in [-0.15, -0.1) is 0 Å². The highest BCUT2D eigenvalue weighted by Gasteiger charge is 2.08. The molecule has 0 aromatic heterocycles. The molecule has 2 aromatic carbocycles. The lowest BCUT2D eigenvalue weighted by Gasteiger charge is -2.05. The minimum absolute atomic E-state index is 0.0365. The molecule has 2 rings (SSSR count). The number of benzene rings is 2. The molecule has 2 N–H and O–H groups in total. The van der Waals surface area contributed by atoms with Gasteiger partial charge in [-0.3, -0.25) is 4.79 Å². The van der Waals surface area contributed by atoms with Crippen LogP contribution in [0.25, 0.3) is 0 Å². The highest BCUT2D eigenvalue weighted by molar-refractivity contribution is 9.10. The van der Waals surface area contributed by atoms with Crippen LogP contribution >= 0.6 is 15.9 Å². The minimum atomic E-state index is -0.412. The molecule has 0 aliphatic carbocycles. The number of amides is 1. The predicted octanol–water partition coefficient (Wildman–Crippen LogP) is 3.06. The number of carbonyl (C=O) groups is 1. The Morgan fingerprint density at radius 2 is 1.86 bits per heavy atom. The normalized spacial score (nSPS) is 11.0. The standard InChI is InChI=1S/C15H12BrN3O3/c16-12-5-1-4-11(7-12)15(21)19-18-14(9-17-22)10-3-2-6-13(20)8-10/h1-8,20H,9H2,(H,19,21). The first-order chi connectivity index (χ1) is 10.6. The molecule has 0 heterocycles. The number of nitrogens with one attached hydrogen (secondary N) is 1. The third-order valence-corrected chi connectivity index (χ3v) is 3.27. The van der Waals surface area contributed by atoms with Gasteiger partial charge in [0.25, 0.3) is 5.91 Å².